The van der Waals surface area contributed by atoms with Crippen LogP contribution >= 0.6 is 31.9 Å². The van der Waals surface area contributed by atoms with Gasteiger partial charge in [0.15, 0.2) is 0 Å². The SMILES string of the molecule is CC#N.CC#N.COC(=O)c1c(-c2ccccc2)[nH]c(-c2ccccc2)c1-c1ccc(Br)cc1.COC(=O)c1c(-c2ccccc2)[nH]c(-c2ccccc2)c1-c1ccc(Br)cc1. The Morgan fingerprint density at radius 3 is 0.903 bits per heavy atom. The number of benzene rings is 6. The van der Waals surface area contributed by atoms with Crippen molar-refractivity contribution in [2.24, 2.45) is 0 Å². The van der Waals surface area contributed by atoms with Crippen LogP contribution in [0.3, 0.4) is 0 Å². The minimum atomic E-state index is -0.366. The number of ether oxygens (including phenoxy) is 2. The van der Waals surface area contributed by atoms with Gasteiger partial charge < -0.3 is 19.4 Å². The van der Waals surface area contributed by atoms with Gasteiger partial charge in [0.05, 0.1) is 60.3 Å². The highest BCUT2D eigenvalue weighted by molar-refractivity contribution is 9.10. The van der Waals surface area contributed by atoms with Crippen molar-refractivity contribution in [3.05, 3.63) is 190 Å². The number of carbonyl (C=O) groups is 2. The Kier molecular flexibility index (Phi) is 17.0. The first-order valence-corrected chi connectivity index (χ1v) is 20.8. The van der Waals surface area contributed by atoms with Gasteiger partial charge in [0, 0.05) is 33.9 Å². The Morgan fingerprint density at radius 2 is 0.661 bits per heavy atom. The minimum absolute atomic E-state index is 0.366. The van der Waals surface area contributed by atoms with Crippen LogP contribution in [0.15, 0.2) is 179 Å². The second kappa shape index (κ2) is 22.9. The van der Waals surface area contributed by atoms with E-state index < -0.39 is 0 Å². The molecule has 6 aromatic carbocycles. The molecule has 62 heavy (non-hydrogen) atoms. The molecular weight excluding hydrogens is 904 g/mol. The van der Waals surface area contributed by atoms with E-state index in [1.54, 1.807) is 12.1 Å². The zero-order valence-corrected chi connectivity index (χ0v) is 37.6. The van der Waals surface area contributed by atoms with Gasteiger partial charge in [-0.3, -0.25) is 0 Å². The van der Waals surface area contributed by atoms with Crippen molar-refractivity contribution in [3.8, 4) is 79.4 Å². The van der Waals surface area contributed by atoms with Crippen LogP contribution in [0.25, 0.3) is 67.3 Å². The summed E-state index contributed by atoms with van der Waals surface area (Å²) in [4.78, 5) is 32.7. The Hall–Kier alpha value is -7.24. The lowest BCUT2D eigenvalue weighted by Gasteiger charge is -2.08. The summed E-state index contributed by atoms with van der Waals surface area (Å²) in [6.45, 7) is 2.86. The number of H-pyrrole nitrogens is 2. The molecule has 10 heteroatoms. The summed E-state index contributed by atoms with van der Waals surface area (Å²) in [7, 11) is 2.83. The molecule has 0 fully saturated rings. The quantitative estimate of drug-likeness (QED) is 0.146. The third kappa shape index (κ3) is 11.1. The lowest BCUT2D eigenvalue weighted by Crippen LogP contribution is -2.03. The van der Waals surface area contributed by atoms with Crippen molar-refractivity contribution in [1.29, 1.82) is 10.5 Å². The summed E-state index contributed by atoms with van der Waals surface area (Å²) < 4.78 is 12.3. The van der Waals surface area contributed by atoms with Gasteiger partial charge in [-0.2, -0.15) is 10.5 Å². The van der Waals surface area contributed by atoms with Crippen LogP contribution < -0.4 is 0 Å². The monoisotopic (exact) mass is 944 g/mol. The van der Waals surface area contributed by atoms with Gasteiger partial charge in [0.25, 0.3) is 0 Å². The molecule has 8 aromatic rings. The van der Waals surface area contributed by atoms with Crippen LogP contribution in [0.1, 0.15) is 34.6 Å². The van der Waals surface area contributed by atoms with Gasteiger partial charge in [-0.25, -0.2) is 9.59 Å². The van der Waals surface area contributed by atoms with Crippen LogP contribution in [0.2, 0.25) is 0 Å². The van der Waals surface area contributed by atoms with Crippen LogP contribution in [0.5, 0.6) is 0 Å². The fraction of sp³-hybridized carbons (Fsp3) is 0.0769. The Labute approximate surface area is 378 Å². The zero-order valence-electron chi connectivity index (χ0n) is 34.4. The fourth-order valence-corrected chi connectivity index (χ4v) is 7.24. The van der Waals surface area contributed by atoms with Crippen LogP contribution in [-0.4, -0.2) is 36.1 Å². The molecule has 0 saturated heterocycles. The number of rotatable bonds is 8. The van der Waals surface area contributed by atoms with Crippen molar-refractivity contribution in [1.82, 2.24) is 9.97 Å². The lowest BCUT2D eigenvalue weighted by molar-refractivity contribution is 0.0593. The number of nitrogens with one attached hydrogen (secondary N) is 2. The first-order chi connectivity index (χ1) is 30.2. The zero-order chi connectivity index (χ0) is 44.4. The summed E-state index contributed by atoms with van der Waals surface area (Å²) in [5, 5.41) is 14.6. The summed E-state index contributed by atoms with van der Waals surface area (Å²) in [5.41, 5.74) is 11.8. The standard InChI is InChI=1S/2C24H18BrNO2.2C2H3N/c2*1-28-24(27)21-20(16-12-14-19(25)15-13-16)22(17-8-4-2-5-9-17)26-23(21)18-10-6-3-7-11-18;2*1-2-3/h2*2-15,26H,1H3;2*1H3. The molecule has 2 aromatic heterocycles. The van der Waals surface area contributed by atoms with E-state index in [2.05, 4.69) is 41.8 Å². The molecule has 0 amide bonds. The second-order valence-corrected chi connectivity index (χ2v) is 15.0. The first-order valence-electron chi connectivity index (χ1n) is 19.2. The van der Waals surface area contributed by atoms with E-state index >= 15 is 0 Å². The number of aromatic amines is 2. The molecule has 8 rings (SSSR count). The normalized spacial score (nSPS) is 9.87. The van der Waals surface area contributed by atoms with Crippen molar-refractivity contribution in [3.63, 3.8) is 0 Å². The molecule has 0 spiro atoms. The third-order valence-corrected chi connectivity index (χ3v) is 10.4. The lowest BCUT2D eigenvalue weighted by atomic mass is 9.95. The first kappa shape index (κ1) is 45.8. The molecule has 0 aliphatic rings. The van der Waals surface area contributed by atoms with Crippen LogP contribution in [0.4, 0.5) is 0 Å². The number of hydrogen-bond donors (Lipinski definition) is 2. The predicted octanol–water partition coefficient (Wildman–Crippen LogP) is 14.2. The number of halogens is 2. The molecule has 0 atom stereocenters. The van der Waals surface area contributed by atoms with Crippen molar-refractivity contribution in [2.75, 3.05) is 14.2 Å². The highest BCUT2D eigenvalue weighted by Gasteiger charge is 2.28. The van der Waals surface area contributed by atoms with Crippen molar-refractivity contribution >= 4 is 43.8 Å². The molecule has 0 radical (unpaired) electrons. The molecule has 0 unspecified atom stereocenters. The molecule has 0 aliphatic heterocycles. The van der Waals surface area contributed by atoms with E-state index in [4.69, 9.17) is 20.0 Å². The third-order valence-electron chi connectivity index (χ3n) is 9.29. The summed E-state index contributed by atoms with van der Waals surface area (Å²) in [6.07, 6.45) is 0. The predicted molar refractivity (Wildman–Crippen MR) is 255 cm³/mol. The number of hydrogen-bond acceptors (Lipinski definition) is 6. The number of esters is 2. The molecule has 2 heterocycles. The van der Waals surface area contributed by atoms with E-state index in [9.17, 15) is 9.59 Å². The maximum atomic E-state index is 12.9. The highest BCUT2D eigenvalue weighted by atomic mass is 79.9. The molecule has 8 nitrogen and oxygen atoms in total. The summed E-state index contributed by atoms with van der Waals surface area (Å²) >= 11 is 6.97. The van der Waals surface area contributed by atoms with Crippen molar-refractivity contribution < 1.29 is 19.1 Å². The van der Waals surface area contributed by atoms with Gasteiger partial charge >= 0.3 is 11.9 Å². The number of nitriles is 2. The van der Waals surface area contributed by atoms with Gasteiger partial charge in [0.2, 0.25) is 0 Å². The summed E-state index contributed by atoms with van der Waals surface area (Å²) in [5.74, 6) is -0.731. The molecule has 0 bridgehead atoms. The minimum Gasteiger partial charge on any atom is -0.465 e. The van der Waals surface area contributed by atoms with E-state index in [0.29, 0.717) is 11.1 Å². The smallest absolute Gasteiger partial charge is 0.340 e. The van der Waals surface area contributed by atoms with Gasteiger partial charge in [0.1, 0.15) is 0 Å². The molecule has 2 N–H and O–H groups in total. The van der Waals surface area contributed by atoms with E-state index in [-0.39, 0.29) is 11.9 Å². The maximum Gasteiger partial charge on any atom is 0.340 e. The largest absolute Gasteiger partial charge is 0.465 e. The van der Waals surface area contributed by atoms with E-state index in [0.717, 1.165) is 76.2 Å². The molecular formula is C52H42Br2N4O4. The second-order valence-electron chi connectivity index (χ2n) is 13.2. The summed E-state index contributed by atoms with van der Waals surface area (Å²) in [6, 6.07) is 59.1. The number of nitrogens with zero attached hydrogens (tertiary/aromatic N) is 2. The molecule has 0 aliphatic carbocycles. The average Bonchev–Trinajstić information content (AvgIpc) is 3.92. The Morgan fingerprint density at radius 1 is 0.419 bits per heavy atom. The van der Waals surface area contributed by atoms with Gasteiger partial charge in [-0.05, 0) is 57.6 Å². The van der Waals surface area contributed by atoms with Crippen molar-refractivity contribution in [2.45, 2.75) is 13.8 Å². The number of aromatic nitrogens is 2. The van der Waals surface area contributed by atoms with E-state index in [1.807, 2.05) is 170 Å². The Bertz CT molecular complexity index is 2580. The molecule has 308 valence electrons. The molecule has 0 saturated carbocycles. The van der Waals surface area contributed by atoms with Gasteiger partial charge in [-0.15, -0.1) is 0 Å². The number of methoxy groups -OCH3 is 2. The van der Waals surface area contributed by atoms with E-state index in [1.165, 1.54) is 28.1 Å². The van der Waals surface area contributed by atoms with Gasteiger partial charge in [-0.1, -0.05) is 177 Å². The number of carbonyl (C=O) groups excluding carboxylic acids is 2. The maximum absolute atomic E-state index is 12.9. The fourth-order valence-electron chi connectivity index (χ4n) is 6.71. The Balaban J connectivity index is 0.000000208. The highest BCUT2D eigenvalue weighted by Crippen LogP contribution is 2.43. The average molecular weight is 947 g/mol. The van der Waals surface area contributed by atoms with Crippen LogP contribution in [0, 0.1) is 22.7 Å². The topological polar surface area (TPSA) is 132 Å². The van der Waals surface area contributed by atoms with Crippen LogP contribution in [-0.2, 0) is 9.47 Å².